The number of nitrogens with zero attached hydrogens (tertiary/aromatic N) is 2. The van der Waals surface area contributed by atoms with Gasteiger partial charge in [-0.05, 0) is 31.5 Å². The Kier molecular flexibility index (Phi) is 10.9. The van der Waals surface area contributed by atoms with Crippen molar-refractivity contribution in [3.63, 3.8) is 0 Å². The fourth-order valence-corrected chi connectivity index (χ4v) is 3.14. The molecule has 1 atom stereocenters. The Labute approximate surface area is 143 Å². The van der Waals surface area contributed by atoms with Crippen LogP contribution in [-0.4, -0.2) is 47.7 Å². The predicted molar refractivity (Wildman–Crippen MR) is 93.6 cm³/mol. The number of aromatic nitrogens is 1. The van der Waals surface area contributed by atoms with Gasteiger partial charge in [0.25, 0.3) is 0 Å². The maximum Gasteiger partial charge on any atom is 0.232 e. The standard InChI is InChI=1S/C14H21N3OS.2ClH/c1-15-13-5-3-7-17(9-13)14(18)11-19-10-12-4-2-6-16-8-12;;/h2,4,6,8,13,15H,3,5,7,9-11H2,1H3;2*1H. The summed E-state index contributed by atoms with van der Waals surface area (Å²) in [6.07, 6.45) is 5.90. The molecule has 7 heteroatoms. The maximum absolute atomic E-state index is 12.1. The van der Waals surface area contributed by atoms with Gasteiger partial charge in [0, 0.05) is 37.3 Å². The number of halogens is 2. The first-order chi connectivity index (χ1) is 9.29. The van der Waals surface area contributed by atoms with Gasteiger partial charge in [-0.3, -0.25) is 9.78 Å². The summed E-state index contributed by atoms with van der Waals surface area (Å²) in [5.74, 6) is 1.67. The molecular weight excluding hydrogens is 329 g/mol. The Hall–Kier alpha value is -0.490. The van der Waals surface area contributed by atoms with E-state index in [2.05, 4.69) is 10.3 Å². The van der Waals surface area contributed by atoms with Gasteiger partial charge in [0.2, 0.25) is 5.91 Å². The Morgan fingerprint density at radius 3 is 3.00 bits per heavy atom. The first kappa shape index (κ1) is 20.5. The van der Waals surface area contributed by atoms with Crippen molar-refractivity contribution in [2.75, 3.05) is 25.9 Å². The van der Waals surface area contributed by atoms with Gasteiger partial charge in [-0.25, -0.2) is 0 Å². The lowest BCUT2D eigenvalue weighted by atomic mass is 10.1. The normalized spacial score (nSPS) is 17.6. The average molecular weight is 352 g/mol. The van der Waals surface area contributed by atoms with E-state index in [4.69, 9.17) is 0 Å². The Balaban J connectivity index is 0.00000200. The van der Waals surface area contributed by atoms with E-state index in [1.165, 1.54) is 12.0 Å². The molecule has 1 saturated heterocycles. The van der Waals surface area contributed by atoms with Gasteiger partial charge in [0.15, 0.2) is 0 Å². The molecule has 1 amide bonds. The molecule has 0 bridgehead atoms. The molecule has 0 aromatic carbocycles. The van der Waals surface area contributed by atoms with E-state index in [1.54, 1.807) is 18.0 Å². The zero-order valence-electron chi connectivity index (χ0n) is 12.2. The van der Waals surface area contributed by atoms with Crippen LogP contribution in [0.15, 0.2) is 24.5 Å². The second kappa shape index (κ2) is 11.1. The van der Waals surface area contributed by atoms with Crippen LogP contribution in [0.1, 0.15) is 18.4 Å². The molecule has 1 unspecified atom stereocenters. The van der Waals surface area contributed by atoms with Gasteiger partial charge in [-0.1, -0.05) is 6.07 Å². The lowest BCUT2D eigenvalue weighted by Gasteiger charge is -2.32. The Bertz CT molecular complexity index is 408. The summed E-state index contributed by atoms with van der Waals surface area (Å²) in [4.78, 5) is 18.2. The summed E-state index contributed by atoms with van der Waals surface area (Å²) in [5, 5.41) is 3.26. The van der Waals surface area contributed by atoms with E-state index in [1.807, 2.05) is 30.3 Å². The molecule has 1 aliphatic heterocycles. The minimum atomic E-state index is 0. The molecular formula is C14H23Cl2N3OS. The number of likely N-dealkylation sites (N-methyl/N-ethyl adjacent to an activating group) is 1. The number of rotatable bonds is 5. The van der Waals surface area contributed by atoms with Crippen LogP contribution in [0.5, 0.6) is 0 Å². The van der Waals surface area contributed by atoms with Gasteiger partial charge >= 0.3 is 0 Å². The van der Waals surface area contributed by atoms with Crippen molar-refractivity contribution in [1.82, 2.24) is 15.2 Å². The quantitative estimate of drug-likeness (QED) is 0.884. The van der Waals surface area contributed by atoms with Crippen LogP contribution in [0.2, 0.25) is 0 Å². The number of pyridine rings is 1. The molecule has 1 aromatic rings. The summed E-state index contributed by atoms with van der Waals surface area (Å²) < 4.78 is 0. The van der Waals surface area contributed by atoms with E-state index >= 15 is 0 Å². The van der Waals surface area contributed by atoms with Crippen molar-refractivity contribution in [3.8, 4) is 0 Å². The summed E-state index contributed by atoms with van der Waals surface area (Å²) in [5.41, 5.74) is 1.17. The number of nitrogens with one attached hydrogen (secondary N) is 1. The lowest BCUT2D eigenvalue weighted by Crippen LogP contribution is -2.47. The maximum atomic E-state index is 12.1. The molecule has 0 aliphatic carbocycles. The topological polar surface area (TPSA) is 45.2 Å². The number of piperidine rings is 1. The largest absolute Gasteiger partial charge is 0.340 e. The monoisotopic (exact) mass is 351 g/mol. The third-order valence-electron chi connectivity index (χ3n) is 3.40. The number of hydrogen-bond acceptors (Lipinski definition) is 4. The Morgan fingerprint density at radius 1 is 1.52 bits per heavy atom. The van der Waals surface area contributed by atoms with Crippen LogP contribution in [0.25, 0.3) is 0 Å². The number of hydrogen-bond donors (Lipinski definition) is 1. The minimum Gasteiger partial charge on any atom is -0.340 e. The third-order valence-corrected chi connectivity index (χ3v) is 4.39. The highest BCUT2D eigenvalue weighted by molar-refractivity contribution is 7.99. The second-order valence-corrected chi connectivity index (χ2v) is 5.81. The molecule has 2 heterocycles. The molecule has 1 aliphatic rings. The number of thioether (sulfide) groups is 1. The smallest absolute Gasteiger partial charge is 0.232 e. The fraction of sp³-hybridized carbons (Fsp3) is 0.571. The van der Waals surface area contributed by atoms with Crippen molar-refractivity contribution >= 4 is 42.5 Å². The third kappa shape index (κ3) is 6.87. The van der Waals surface area contributed by atoms with Crippen molar-refractivity contribution in [1.29, 1.82) is 0 Å². The summed E-state index contributed by atoms with van der Waals surface area (Å²) in [6.45, 7) is 1.76. The predicted octanol–water partition coefficient (Wildman–Crippen LogP) is 2.37. The summed E-state index contributed by atoms with van der Waals surface area (Å²) in [6, 6.07) is 4.43. The molecule has 1 aromatic heterocycles. The number of amides is 1. The fourth-order valence-electron chi connectivity index (χ4n) is 2.27. The van der Waals surface area contributed by atoms with Crippen LogP contribution >= 0.6 is 36.6 Å². The van der Waals surface area contributed by atoms with Crippen molar-refractivity contribution in [3.05, 3.63) is 30.1 Å². The zero-order chi connectivity index (χ0) is 13.5. The van der Waals surface area contributed by atoms with Crippen molar-refractivity contribution in [2.45, 2.75) is 24.6 Å². The highest BCUT2D eigenvalue weighted by Gasteiger charge is 2.22. The van der Waals surface area contributed by atoms with Gasteiger partial charge in [0.1, 0.15) is 0 Å². The van der Waals surface area contributed by atoms with E-state index in [0.717, 1.165) is 25.3 Å². The summed E-state index contributed by atoms with van der Waals surface area (Å²) >= 11 is 1.67. The van der Waals surface area contributed by atoms with Crippen LogP contribution in [0.4, 0.5) is 0 Å². The van der Waals surface area contributed by atoms with Crippen LogP contribution in [-0.2, 0) is 10.5 Å². The zero-order valence-corrected chi connectivity index (χ0v) is 14.6. The Morgan fingerprint density at radius 2 is 2.33 bits per heavy atom. The molecule has 4 nitrogen and oxygen atoms in total. The molecule has 0 spiro atoms. The number of carbonyl (C=O) groups is 1. The molecule has 1 N–H and O–H groups in total. The molecule has 2 rings (SSSR count). The molecule has 0 radical (unpaired) electrons. The molecule has 0 saturated carbocycles. The van der Waals surface area contributed by atoms with Crippen molar-refractivity contribution in [2.24, 2.45) is 0 Å². The highest BCUT2D eigenvalue weighted by atomic mass is 35.5. The lowest BCUT2D eigenvalue weighted by molar-refractivity contribution is -0.129. The first-order valence-electron chi connectivity index (χ1n) is 6.71. The van der Waals surface area contributed by atoms with Crippen LogP contribution in [0.3, 0.4) is 0 Å². The average Bonchev–Trinajstić information content (AvgIpc) is 2.48. The highest BCUT2D eigenvalue weighted by Crippen LogP contribution is 2.14. The second-order valence-electron chi connectivity index (χ2n) is 4.82. The van der Waals surface area contributed by atoms with E-state index in [0.29, 0.717) is 11.8 Å². The van der Waals surface area contributed by atoms with E-state index in [9.17, 15) is 4.79 Å². The summed E-state index contributed by atoms with van der Waals surface area (Å²) in [7, 11) is 1.97. The van der Waals surface area contributed by atoms with Crippen LogP contribution < -0.4 is 5.32 Å². The number of carbonyl (C=O) groups excluding carboxylic acids is 1. The first-order valence-corrected chi connectivity index (χ1v) is 7.86. The van der Waals surface area contributed by atoms with Gasteiger partial charge in [-0.15, -0.1) is 36.6 Å². The number of likely N-dealkylation sites (tertiary alicyclic amines) is 1. The SMILES string of the molecule is CNC1CCCN(C(=O)CSCc2cccnc2)C1.Cl.Cl. The van der Waals surface area contributed by atoms with E-state index in [-0.39, 0.29) is 30.7 Å². The molecule has 120 valence electrons. The van der Waals surface area contributed by atoms with Gasteiger partial charge in [0.05, 0.1) is 5.75 Å². The van der Waals surface area contributed by atoms with Gasteiger partial charge < -0.3 is 10.2 Å². The molecule has 1 fully saturated rings. The van der Waals surface area contributed by atoms with Crippen LogP contribution in [0, 0.1) is 0 Å². The van der Waals surface area contributed by atoms with Crippen molar-refractivity contribution < 1.29 is 4.79 Å². The molecule has 21 heavy (non-hydrogen) atoms. The van der Waals surface area contributed by atoms with E-state index < -0.39 is 0 Å². The minimum absolute atomic E-state index is 0. The van der Waals surface area contributed by atoms with Gasteiger partial charge in [-0.2, -0.15) is 0 Å².